The van der Waals surface area contributed by atoms with Gasteiger partial charge in [0.15, 0.2) is 0 Å². The zero-order valence-corrected chi connectivity index (χ0v) is 20.4. The van der Waals surface area contributed by atoms with E-state index in [0.717, 1.165) is 36.7 Å². The third-order valence-electron chi connectivity index (χ3n) is 5.65. The number of aryl methyl sites for hydroxylation is 1. The molecule has 2 heterocycles. The van der Waals surface area contributed by atoms with Crippen LogP contribution >= 0.6 is 22.6 Å². The van der Waals surface area contributed by atoms with Crippen LogP contribution in [0.25, 0.3) is 0 Å². The molecule has 0 unspecified atom stereocenters. The number of hydrogen-bond acceptors (Lipinski definition) is 5. The van der Waals surface area contributed by atoms with Gasteiger partial charge in [0.2, 0.25) is 0 Å². The van der Waals surface area contributed by atoms with Crippen molar-refractivity contribution in [2.75, 3.05) is 18.6 Å². The lowest BCUT2D eigenvalue weighted by Crippen LogP contribution is -2.29. The third-order valence-corrected chi connectivity index (χ3v) is 6.32. The van der Waals surface area contributed by atoms with Gasteiger partial charge in [-0.15, -0.1) is 0 Å². The number of halogens is 1. The first-order valence-electron chi connectivity index (χ1n) is 10.4. The van der Waals surface area contributed by atoms with Crippen LogP contribution in [0.5, 0.6) is 0 Å². The van der Waals surface area contributed by atoms with E-state index in [4.69, 9.17) is 4.74 Å². The van der Waals surface area contributed by atoms with E-state index in [1.54, 1.807) is 12.1 Å². The lowest BCUT2D eigenvalue weighted by molar-refractivity contribution is 0.0600. The molecule has 1 aliphatic heterocycles. The molecule has 1 amide bonds. The maximum absolute atomic E-state index is 13.3. The average molecular weight is 544 g/mol. The van der Waals surface area contributed by atoms with Gasteiger partial charge in [0.1, 0.15) is 11.4 Å². The summed E-state index contributed by atoms with van der Waals surface area (Å²) in [6.45, 7) is 6.11. The Hall–Kier alpha value is -2.88. The molecule has 0 aliphatic carbocycles. The van der Waals surface area contributed by atoms with Crippen LogP contribution < -0.4 is 10.2 Å². The SMILES string of the molecule is COC(=O)c1ccc([C@H](C)NC(=O)c2c(C)nn3c2N(Cc2cccc(I)c2)CC3)cc1. The van der Waals surface area contributed by atoms with Crippen molar-refractivity contribution >= 4 is 40.3 Å². The Morgan fingerprint density at radius 1 is 1.19 bits per heavy atom. The number of hydrogen-bond donors (Lipinski definition) is 1. The van der Waals surface area contributed by atoms with Gasteiger partial charge in [-0.3, -0.25) is 4.79 Å². The van der Waals surface area contributed by atoms with Crippen LogP contribution in [0, 0.1) is 10.5 Å². The molecule has 0 bridgehead atoms. The molecule has 0 saturated heterocycles. The number of nitrogens with zero attached hydrogens (tertiary/aromatic N) is 3. The normalized spacial score (nSPS) is 13.6. The van der Waals surface area contributed by atoms with Gasteiger partial charge < -0.3 is 15.0 Å². The highest BCUT2D eigenvalue weighted by Crippen LogP contribution is 2.30. The van der Waals surface area contributed by atoms with Crippen LogP contribution in [0.1, 0.15) is 50.5 Å². The number of carbonyl (C=O) groups excluding carboxylic acids is 2. The van der Waals surface area contributed by atoms with Crippen molar-refractivity contribution in [1.82, 2.24) is 15.1 Å². The van der Waals surface area contributed by atoms with Crippen LogP contribution in [0.2, 0.25) is 0 Å². The average Bonchev–Trinajstić information content (AvgIpc) is 3.31. The van der Waals surface area contributed by atoms with Gasteiger partial charge in [-0.25, -0.2) is 9.48 Å². The number of nitrogens with one attached hydrogen (secondary N) is 1. The molecule has 32 heavy (non-hydrogen) atoms. The van der Waals surface area contributed by atoms with Gasteiger partial charge in [0.05, 0.1) is 31.0 Å². The van der Waals surface area contributed by atoms with Gasteiger partial charge in [-0.1, -0.05) is 24.3 Å². The van der Waals surface area contributed by atoms with E-state index in [9.17, 15) is 9.59 Å². The second-order valence-electron chi connectivity index (χ2n) is 7.87. The van der Waals surface area contributed by atoms with Crippen molar-refractivity contribution in [3.8, 4) is 0 Å². The first-order valence-corrected chi connectivity index (χ1v) is 11.5. The number of rotatable bonds is 6. The molecule has 4 rings (SSSR count). The van der Waals surface area contributed by atoms with E-state index in [1.807, 2.05) is 30.7 Å². The number of benzene rings is 2. The molecule has 2 aromatic carbocycles. The molecular weight excluding hydrogens is 519 g/mol. The van der Waals surface area contributed by atoms with Gasteiger partial charge >= 0.3 is 5.97 Å². The fourth-order valence-corrected chi connectivity index (χ4v) is 4.63. The van der Waals surface area contributed by atoms with Crippen LogP contribution in [-0.2, 0) is 17.8 Å². The predicted octanol–water partition coefficient (Wildman–Crippen LogP) is 4.09. The smallest absolute Gasteiger partial charge is 0.337 e. The number of carbonyl (C=O) groups is 2. The van der Waals surface area contributed by atoms with Gasteiger partial charge in [0.25, 0.3) is 5.91 Å². The van der Waals surface area contributed by atoms with E-state index in [-0.39, 0.29) is 17.9 Å². The molecule has 0 fully saturated rings. The van der Waals surface area contributed by atoms with Crippen molar-refractivity contribution in [3.63, 3.8) is 0 Å². The minimum atomic E-state index is -0.382. The van der Waals surface area contributed by atoms with E-state index in [0.29, 0.717) is 11.1 Å². The van der Waals surface area contributed by atoms with E-state index in [2.05, 4.69) is 62.2 Å². The molecule has 7 nitrogen and oxygen atoms in total. The molecular formula is C24H25IN4O3. The molecule has 1 atom stereocenters. The highest BCUT2D eigenvalue weighted by atomic mass is 127. The van der Waals surface area contributed by atoms with Gasteiger partial charge in [-0.05, 0) is 71.8 Å². The Morgan fingerprint density at radius 3 is 2.62 bits per heavy atom. The molecule has 0 saturated carbocycles. The Kier molecular flexibility index (Phi) is 6.50. The predicted molar refractivity (Wildman–Crippen MR) is 131 cm³/mol. The number of aromatic nitrogens is 2. The summed E-state index contributed by atoms with van der Waals surface area (Å²) in [5.74, 6) is 0.336. The van der Waals surface area contributed by atoms with Crippen molar-refractivity contribution in [2.24, 2.45) is 0 Å². The Bertz CT molecular complexity index is 1160. The van der Waals surface area contributed by atoms with Crippen molar-refractivity contribution in [1.29, 1.82) is 0 Å². The summed E-state index contributed by atoms with van der Waals surface area (Å²) in [6.07, 6.45) is 0. The zero-order valence-electron chi connectivity index (χ0n) is 18.3. The van der Waals surface area contributed by atoms with Crippen LogP contribution in [-0.4, -0.2) is 35.3 Å². The molecule has 1 aliphatic rings. The molecule has 0 radical (unpaired) electrons. The lowest BCUT2D eigenvalue weighted by atomic mass is 10.1. The second-order valence-corrected chi connectivity index (χ2v) is 9.11. The van der Waals surface area contributed by atoms with E-state index >= 15 is 0 Å². The van der Waals surface area contributed by atoms with Crippen molar-refractivity contribution < 1.29 is 14.3 Å². The minimum absolute atomic E-state index is 0.150. The van der Waals surface area contributed by atoms with Crippen molar-refractivity contribution in [3.05, 3.63) is 80.0 Å². The summed E-state index contributed by atoms with van der Waals surface area (Å²) in [5.41, 5.74) is 3.92. The number of methoxy groups -OCH3 is 1. The van der Waals surface area contributed by atoms with Crippen LogP contribution in [0.3, 0.4) is 0 Å². The number of anilines is 1. The fraction of sp³-hybridized carbons (Fsp3) is 0.292. The van der Waals surface area contributed by atoms with Crippen molar-refractivity contribution in [2.45, 2.75) is 33.0 Å². The number of ether oxygens (including phenoxy) is 1. The molecule has 0 spiro atoms. The monoisotopic (exact) mass is 544 g/mol. The quantitative estimate of drug-likeness (QED) is 0.374. The number of esters is 1. The van der Waals surface area contributed by atoms with E-state index < -0.39 is 0 Å². The van der Waals surface area contributed by atoms with Gasteiger partial charge in [0, 0.05) is 16.7 Å². The minimum Gasteiger partial charge on any atom is -0.465 e. The summed E-state index contributed by atoms with van der Waals surface area (Å²) in [7, 11) is 1.35. The maximum Gasteiger partial charge on any atom is 0.337 e. The third kappa shape index (κ3) is 4.50. The summed E-state index contributed by atoms with van der Waals surface area (Å²) < 4.78 is 7.86. The maximum atomic E-state index is 13.3. The molecule has 1 aromatic heterocycles. The Labute approximate surface area is 200 Å². The molecule has 3 aromatic rings. The highest BCUT2D eigenvalue weighted by Gasteiger charge is 2.30. The number of fused-ring (bicyclic) bond motifs is 1. The summed E-state index contributed by atoms with van der Waals surface area (Å²) >= 11 is 2.31. The molecule has 8 heteroatoms. The first-order chi connectivity index (χ1) is 15.4. The second kappa shape index (κ2) is 9.32. The topological polar surface area (TPSA) is 76.5 Å². The first kappa shape index (κ1) is 22.3. The summed E-state index contributed by atoms with van der Waals surface area (Å²) in [4.78, 5) is 27.1. The Morgan fingerprint density at radius 2 is 1.94 bits per heavy atom. The lowest BCUT2D eigenvalue weighted by Gasteiger charge is -2.20. The van der Waals surface area contributed by atoms with Gasteiger partial charge in [-0.2, -0.15) is 5.10 Å². The standard InChI is InChI=1S/C24H25IN4O3/c1-15(18-7-9-19(10-8-18)24(31)32-3)26-22(30)21-16(2)27-29-12-11-28(23(21)29)14-17-5-4-6-20(25)13-17/h4-10,13,15H,11-12,14H2,1-3H3,(H,26,30)/t15-/m0/s1. The molecule has 166 valence electrons. The zero-order chi connectivity index (χ0) is 22.8. The number of amides is 1. The largest absolute Gasteiger partial charge is 0.465 e. The van der Waals surface area contributed by atoms with Crippen LogP contribution in [0.15, 0.2) is 48.5 Å². The summed E-state index contributed by atoms with van der Waals surface area (Å²) in [5, 5.41) is 7.69. The highest BCUT2D eigenvalue weighted by molar-refractivity contribution is 14.1. The summed E-state index contributed by atoms with van der Waals surface area (Å²) in [6, 6.07) is 15.2. The van der Waals surface area contributed by atoms with E-state index in [1.165, 1.54) is 16.2 Å². The van der Waals surface area contributed by atoms with Crippen LogP contribution in [0.4, 0.5) is 5.82 Å². The Balaban J connectivity index is 1.53. The fourth-order valence-electron chi connectivity index (χ4n) is 4.02. The molecule has 1 N–H and O–H groups in total.